The fourth-order valence-electron chi connectivity index (χ4n) is 2.23. The van der Waals surface area contributed by atoms with Crippen LogP contribution in [0.3, 0.4) is 0 Å². The molecule has 2 aromatic carbocycles. The highest BCUT2D eigenvalue weighted by atomic mass is 35.5. The van der Waals surface area contributed by atoms with Gasteiger partial charge in [0.05, 0.1) is 18.2 Å². The maximum absolute atomic E-state index is 11.5. The van der Waals surface area contributed by atoms with E-state index >= 15 is 0 Å². The highest BCUT2D eigenvalue weighted by Gasteiger charge is 2.08. The minimum absolute atomic E-state index is 0.265. The molecule has 3 aromatic rings. The van der Waals surface area contributed by atoms with Crippen molar-refractivity contribution in [2.45, 2.75) is 6.61 Å². The van der Waals surface area contributed by atoms with E-state index in [0.29, 0.717) is 16.5 Å². The van der Waals surface area contributed by atoms with Gasteiger partial charge >= 0.3 is 5.97 Å². The molecule has 0 fully saturated rings. The third-order valence-electron chi connectivity index (χ3n) is 3.40. The average Bonchev–Trinajstić information content (AvgIpc) is 2.59. The standard InChI is InChI=1S/C18H14ClNO3/c1-22-18(21)13-6-4-7-15(10-13)23-11-14-9-12-5-2-3-8-16(12)20-17(14)19/h2-10H,11H2,1H3. The number of esters is 1. The Bertz CT molecular complexity index is 864. The van der Waals surface area contributed by atoms with Crippen LogP contribution in [-0.4, -0.2) is 18.1 Å². The number of para-hydroxylation sites is 1. The molecule has 116 valence electrons. The number of fused-ring (bicyclic) bond motifs is 1. The van der Waals surface area contributed by atoms with E-state index in [-0.39, 0.29) is 6.61 Å². The van der Waals surface area contributed by atoms with Gasteiger partial charge in [-0.25, -0.2) is 9.78 Å². The van der Waals surface area contributed by atoms with Crippen molar-refractivity contribution >= 4 is 28.5 Å². The lowest BCUT2D eigenvalue weighted by atomic mass is 10.1. The maximum Gasteiger partial charge on any atom is 0.337 e. The van der Waals surface area contributed by atoms with Crippen LogP contribution in [0.15, 0.2) is 54.6 Å². The lowest BCUT2D eigenvalue weighted by Gasteiger charge is -2.09. The summed E-state index contributed by atoms with van der Waals surface area (Å²) in [6.07, 6.45) is 0. The van der Waals surface area contributed by atoms with Crippen LogP contribution in [0, 0.1) is 0 Å². The van der Waals surface area contributed by atoms with E-state index in [0.717, 1.165) is 16.5 Å². The van der Waals surface area contributed by atoms with Crippen molar-refractivity contribution in [3.63, 3.8) is 0 Å². The molecule has 3 rings (SSSR count). The Kier molecular flexibility index (Phi) is 4.44. The van der Waals surface area contributed by atoms with Crippen LogP contribution >= 0.6 is 11.6 Å². The molecule has 4 nitrogen and oxygen atoms in total. The van der Waals surface area contributed by atoms with Gasteiger partial charge in [-0.2, -0.15) is 0 Å². The van der Waals surface area contributed by atoms with Crippen LogP contribution in [-0.2, 0) is 11.3 Å². The summed E-state index contributed by atoms with van der Waals surface area (Å²) in [4.78, 5) is 15.9. The SMILES string of the molecule is COC(=O)c1cccc(OCc2cc3ccccc3nc2Cl)c1. The molecule has 0 saturated carbocycles. The lowest BCUT2D eigenvalue weighted by molar-refractivity contribution is 0.0600. The second-order valence-electron chi connectivity index (χ2n) is 4.94. The summed E-state index contributed by atoms with van der Waals surface area (Å²) in [6, 6.07) is 16.5. The molecule has 0 aliphatic heterocycles. The highest BCUT2D eigenvalue weighted by molar-refractivity contribution is 6.30. The Morgan fingerprint density at radius 1 is 1.13 bits per heavy atom. The molecular formula is C18H14ClNO3. The summed E-state index contributed by atoms with van der Waals surface area (Å²) >= 11 is 6.21. The van der Waals surface area contributed by atoms with Gasteiger partial charge in [-0.3, -0.25) is 0 Å². The van der Waals surface area contributed by atoms with Crippen molar-refractivity contribution in [2.75, 3.05) is 7.11 Å². The molecule has 0 atom stereocenters. The van der Waals surface area contributed by atoms with Crippen LogP contribution < -0.4 is 4.74 Å². The molecule has 0 N–H and O–H groups in total. The van der Waals surface area contributed by atoms with Crippen molar-refractivity contribution in [1.82, 2.24) is 4.98 Å². The third-order valence-corrected chi connectivity index (χ3v) is 3.73. The van der Waals surface area contributed by atoms with Crippen LogP contribution in [0.25, 0.3) is 10.9 Å². The second kappa shape index (κ2) is 6.67. The molecule has 0 aliphatic carbocycles. The summed E-state index contributed by atoms with van der Waals surface area (Å²) in [7, 11) is 1.34. The Morgan fingerprint density at radius 2 is 1.96 bits per heavy atom. The van der Waals surface area contributed by atoms with Gasteiger partial charge in [0.25, 0.3) is 0 Å². The van der Waals surface area contributed by atoms with Crippen LogP contribution in [0.2, 0.25) is 5.15 Å². The number of halogens is 1. The molecule has 0 saturated heterocycles. The molecule has 1 heterocycles. The Morgan fingerprint density at radius 3 is 2.78 bits per heavy atom. The Labute approximate surface area is 138 Å². The summed E-state index contributed by atoms with van der Waals surface area (Å²) in [5.74, 6) is 0.165. The Balaban J connectivity index is 1.80. The van der Waals surface area contributed by atoms with E-state index in [1.54, 1.807) is 24.3 Å². The first-order valence-electron chi connectivity index (χ1n) is 7.03. The second-order valence-corrected chi connectivity index (χ2v) is 5.30. The largest absolute Gasteiger partial charge is 0.489 e. The highest BCUT2D eigenvalue weighted by Crippen LogP contribution is 2.22. The van der Waals surface area contributed by atoms with E-state index in [1.165, 1.54) is 7.11 Å². The normalized spacial score (nSPS) is 10.5. The number of methoxy groups -OCH3 is 1. The molecule has 0 amide bonds. The number of rotatable bonds is 4. The number of aromatic nitrogens is 1. The summed E-state index contributed by atoms with van der Waals surface area (Å²) < 4.78 is 10.4. The van der Waals surface area contributed by atoms with Gasteiger partial charge < -0.3 is 9.47 Å². The van der Waals surface area contributed by atoms with Gasteiger partial charge in [0.2, 0.25) is 0 Å². The van der Waals surface area contributed by atoms with Gasteiger partial charge in [0.1, 0.15) is 17.5 Å². The molecule has 5 heteroatoms. The van der Waals surface area contributed by atoms with Crippen LogP contribution in [0.4, 0.5) is 0 Å². The molecule has 0 aliphatic rings. The number of hydrogen-bond acceptors (Lipinski definition) is 4. The monoisotopic (exact) mass is 327 g/mol. The zero-order chi connectivity index (χ0) is 16.2. The van der Waals surface area contributed by atoms with Gasteiger partial charge in [0, 0.05) is 10.9 Å². The van der Waals surface area contributed by atoms with Crippen molar-refractivity contribution in [2.24, 2.45) is 0 Å². The van der Waals surface area contributed by atoms with E-state index < -0.39 is 5.97 Å². The predicted octanol–water partition coefficient (Wildman–Crippen LogP) is 4.25. The predicted molar refractivity (Wildman–Crippen MR) is 88.9 cm³/mol. The van der Waals surface area contributed by atoms with E-state index in [1.807, 2.05) is 30.3 Å². The Hall–Kier alpha value is -2.59. The number of benzene rings is 2. The molecule has 0 bridgehead atoms. The zero-order valence-electron chi connectivity index (χ0n) is 12.5. The van der Waals surface area contributed by atoms with Gasteiger partial charge in [-0.1, -0.05) is 35.9 Å². The summed E-state index contributed by atoms with van der Waals surface area (Å²) in [5, 5.41) is 1.41. The lowest BCUT2D eigenvalue weighted by Crippen LogP contribution is -2.02. The summed E-state index contributed by atoms with van der Waals surface area (Å²) in [5.41, 5.74) is 2.07. The third kappa shape index (κ3) is 3.43. The quantitative estimate of drug-likeness (QED) is 0.531. The van der Waals surface area contributed by atoms with E-state index in [9.17, 15) is 4.79 Å². The molecular weight excluding hydrogens is 314 g/mol. The number of pyridine rings is 1. The fourth-order valence-corrected chi connectivity index (χ4v) is 2.43. The first-order chi connectivity index (χ1) is 11.2. The molecule has 1 aromatic heterocycles. The van der Waals surface area contributed by atoms with Gasteiger partial charge in [0.15, 0.2) is 0 Å². The first-order valence-corrected chi connectivity index (χ1v) is 7.40. The minimum Gasteiger partial charge on any atom is -0.489 e. The van der Waals surface area contributed by atoms with Crippen molar-refractivity contribution in [1.29, 1.82) is 0 Å². The molecule has 0 spiro atoms. The topological polar surface area (TPSA) is 48.4 Å². The number of hydrogen-bond donors (Lipinski definition) is 0. The maximum atomic E-state index is 11.5. The minimum atomic E-state index is -0.402. The van der Waals surface area contributed by atoms with Crippen LogP contribution in [0.5, 0.6) is 5.75 Å². The fraction of sp³-hybridized carbons (Fsp3) is 0.111. The zero-order valence-corrected chi connectivity index (χ0v) is 13.2. The van der Waals surface area contributed by atoms with Crippen molar-refractivity contribution in [3.05, 3.63) is 70.9 Å². The van der Waals surface area contributed by atoms with Crippen LogP contribution in [0.1, 0.15) is 15.9 Å². The van der Waals surface area contributed by atoms with E-state index in [4.69, 9.17) is 21.1 Å². The number of carbonyl (C=O) groups is 1. The number of ether oxygens (including phenoxy) is 2. The molecule has 0 radical (unpaired) electrons. The summed E-state index contributed by atoms with van der Waals surface area (Å²) in [6.45, 7) is 0.265. The first kappa shape index (κ1) is 15.3. The number of carbonyl (C=O) groups excluding carboxylic acids is 1. The van der Waals surface area contributed by atoms with Gasteiger partial charge in [-0.15, -0.1) is 0 Å². The molecule has 23 heavy (non-hydrogen) atoms. The molecule has 0 unspecified atom stereocenters. The van der Waals surface area contributed by atoms with Gasteiger partial charge in [-0.05, 0) is 30.3 Å². The average molecular weight is 328 g/mol. The van der Waals surface area contributed by atoms with Crippen molar-refractivity contribution < 1.29 is 14.3 Å². The smallest absolute Gasteiger partial charge is 0.337 e. The number of nitrogens with zero attached hydrogens (tertiary/aromatic N) is 1. The van der Waals surface area contributed by atoms with E-state index in [2.05, 4.69) is 4.98 Å². The van der Waals surface area contributed by atoms with Crippen molar-refractivity contribution in [3.8, 4) is 5.75 Å².